The predicted molar refractivity (Wildman–Crippen MR) is 79.3 cm³/mol. The highest BCUT2D eigenvalue weighted by Crippen LogP contribution is 2.40. The number of aliphatic hydroxyl groups is 1. The molecule has 0 aliphatic carbocycles. The van der Waals surface area contributed by atoms with Gasteiger partial charge in [-0.1, -0.05) is 29.8 Å². The number of rotatable bonds is 3. The number of ether oxygens (including phenoxy) is 2. The molecule has 22 heavy (non-hydrogen) atoms. The molecule has 0 spiro atoms. The standard InChI is InChI=1S/C16H15NO5/c1-10-2-4-11(5-3-10)16(18)12-8-14-15(22-7-6-21-14)9-13(12)17(19)20/h2-5,8-9,16,18H,6-7H2,1H3/t16-/m0/s1. The van der Waals surface area contributed by atoms with Gasteiger partial charge in [-0.15, -0.1) is 0 Å². The van der Waals surface area contributed by atoms with Crippen LogP contribution in [0, 0.1) is 17.0 Å². The molecule has 1 aliphatic heterocycles. The fourth-order valence-electron chi connectivity index (χ4n) is 2.40. The molecule has 6 heteroatoms. The predicted octanol–water partition coefficient (Wildman–Crippen LogP) is 2.76. The van der Waals surface area contributed by atoms with Gasteiger partial charge in [0.25, 0.3) is 5.69 Å². The number of nitro benzene ring substituents is 1. The Kier molecular flexibility index (Phi) is 3.68. The first-order chi connectivity index (χ1) is 10.6. The van der Waals surface area contributed by atoms with E-state index in [9.17, 15) is 15.2 Å². The highest BCUT2D eigenvalue weighted by molar-refractivity contribution is 5.57. The Morgan fingerprint density at radius 1 is 1.14 bits per heavy atom. The molecule has 6 nitrogen and oxygen atoms in total. The van der Waals surface area contributed by atoms with Gasteiger partial charge < -0.3 is 14.6 Å². The van der Waals surface area contributed by atoms with E-state index in [1.807, 2.05) is 19.1 Å². The van der Waals surface area contributed by atoms with Gasteiger partial charge in [-0.05, 0) is 18.6 Å². The monoisotopic (exact) mass is 301 g/mol. The van der Waals surface area contributed by atoms with Crippen LogP contribution >= 0.6 is 0 Å². The first kappa shape index (κ1) is 14.3. The zero-order valence-electron chi connectivity index (χ0n) is 12.0. The van der Waals surface area contributed by atoms with E-state index >= 15 is 0 Å². The normalized spacial score (nSPS) is 14.5. The summed E-state index contributed by atoms with van der Waals surface area (Å²) in [6.45, 7) is 2.66. The van der Waals surface area contributed by atoms with Crippen LogP contribution in [0.2, 0.25) is 0 Å². The SMILES string of the molecule is Cc1ccc([C@H](O)c2cc3c(cc2[N+](=O)[O-])OCCO3)cc1. The minimum atomic E-state index is -1.10. The summed E-state index contributed by atoms with van der Waals surface area (Å²) >= 11 is 0. The first-order valence-corrected chi connectivity index (χ1v) is 6.89. The zero-order valence-corrected chi connectivity index (χ0v) is 12.0. The third kappa shape index (κ3) is 2.60. The second-order valence-corrected chi connectivity index (χ2v) is 5.13. The van der Waals surface area contributed by atoms with Gasteiger partial charge in [0, 0.05) is 0 Å². The molecule has 1 N–H and O–H groups in total. The summed E-state index contributed by atoms with van der Waals surface area (Å²) < 4.78 is 10.8. The highest BCUT2D eigenvalue weighted by Gasteiger charge is 2.27. The van der Waals surface area contributed by atoms with E-state index in [0.717, 1.165) is 5.56 Å². The average molecular weight is 301 g/mol. The minimum absolute atomic E-state index is 0.183. The molecule has 0 fully saturated rings. The highest BCUT2D eigenvalue weighted by atomic mass is 16.6. The van der Waals surface area contributed by atoms with Gasteiger partial charge in [-0.3, -0.25) is 10.1 Å². The van der Waals surface area contributed by atoms with Crippen molar-refractivity contribution in [2.45, 2.75) is 13.0 Å². The molecule has 2 aromatic carbocycles. The smallest absolute Gasteiger partial charge is 0.279 e. The van der Waals surface area contributed by atoms with Crippen molar-refractivity contribution in [2.75, 3.05) is 13.2 Å². The lowest BCUT2D eigenvalue weighted by Crippen LogP contribution is -2.16. The number of fused-ring (bicyclic) bond motifs is 1. The topological polar surface area (TPSA) is 81.8 Å². The Morgan fingerprint density at radius 2 is 1.73 bits per heavy atom. The molecule has 1 heterocycles. The summed E-state index contributed by atoms with van der Waals surface area (Å²) in [6.07, 6.45) is -1.10. The van der Waals surface area contributed by atoms with Crippen LogP contribution in [0.1, 0.15) is 22.8 Å². The van der Waals surface area contributed by atoms with Gasteiger partial charge in [0.15, 0.2) is 11.5 Å². The van der Waals surface area contributed by atoms with Crippen molar-refractivity contribution in [2.24, 2.45) is 0 Å². The summed E-state index contributed by atoms with van der Waals surface area (Å²) in [5.41, 5.74) is 1.65. The summed E-state index contributed by atoms with van der Waals surface area (Å²) in [5.74, 6) is 0.746. The van der Waals surface area contributed by atoms with Crippen molar-refractivity contribution < 1.29 is 19.5 Å². The number of nitro groups is 1. The number of aliphatic hydroxyl groups excluding tert-OH is 1. The second-order valence-electron chi connectivity index (χ2n) is 5.13. The molecule has 0 bridgehead atoms. The van der Waals surface area contributed by atoms with E-state index in [0.29, 0.717) is 30.3 Å². The van der Waals surface area contributed by atoms with Crippen LogP contribution in [0.5, 0.6) is 11.5 Å². The van der Waals surface area contributed by atoms with Gasteiger partial charge in [0.2, 0.25) is 0 Å². The summed E-state index contributed by atoms with van der Waals surface area (Å²) in [7, 11) is 0. The minimum Gasteiger partial charge on any atom is -0.486 e. The van der Waals surface area contributed by atoms with Crippen molar-refractivity contribution in [1.29, 1.82) is 0 Å². The van der Waals surface area contributed by atoms with Crippen LogP contribution < -0.4 is 9.47 Å². The Morgan fingerprint density at radius 3 is 2.32 bits per heavy atom. The van der Waals surface area contributed by atoms with Crippen molar-refractivity contribution in [3.05, 3.63) is 63.2 Å². The molecule has 0 aromatic heterocycles. The number of hydrogen-bond donors (Lipinski definition) is 1. The molecule has 0 unspecified atom stereocenters. The summed E-state index contributed by atoms with van der Waals surface area (Å²) in [5, 5.41) is 21.8. The second kappa shape index (κ2) is 5.65. The van der Waals surface area contributed by atoms with Crippen LogP contribution in [0.4, 0.5) is 5.69 Å². The number of nitrogens with zero attached hydrogens (tertiary/aromatic N) is 1. The van der Waals surface area contributed by atoms with Crippen LogP contribution in [0.25, 0.3) is 0 Å². The van der Waals surface area contributed by atoms with Crippen molar-refractivity contribution in [3.63, 3.8) is 0 Å². The van der Waals surface area contributed by atoms with E-state index in [1.165, 1.54) is 12.1 Å². The van der Waals surface area contributed by atoms with Gasteiger partial charge in [0.1, 0.15) is 19.3 Å². The van der Waals surface area contributed by atoms with Crippen molar-refractivity contribution >= 4 is 5.69 Å². The maximum atomic E-state index is 11.3. The maximum Gasteiger partial charge on any atom is 0.279 e. The lowest BCUT2D eigenvalue weighted by Gasteiger charge is -2.20. The number of benzene rings is 2. The maximum absolute atomic E-state index is 11.3. The van der Waals surface area contributed by atoms with Crippen LogP contribution in [-0.4, -0.2) is 23.2 Å². The van der Waals surface area contributed by atoms with Crippen LogP contribution in [0.15, 0.2) is 36.4 Å². The van der Waals surface area contributed by atoms with Crippen LogP contribution in [-0.2, 0) is 0 Å². The van der Waals surface area contributed by atoms with Crippen molar-refractivity contribution in [3.8, 4) is 11.5 Å². The van der Waals surface area contributed by atoms with Gasteiger partial charge in [0.05, 0.1) is 16.6 Å². The molecule has 0 amide bonds. The van der Waals surface area contributed by atoms with E-state index in [4.69, 9.17) is 9.47 Å². The Balaban J connectivity index is 2.07. The third-order valence-electron chi connectivity index (χ3n) is 3.58. The Hall–Kier alpha value is -2.60. The van der Waals surface area contributed by atoms with E-state index in [1.54, 1.807) is 12.1 Å². The molecule has 114 valence electrons. The fraction of sp³-hybridized carbons (Fsp3) is 0.250. The molecule has 1 atom stereocenters. The van der Waals surface area contributed by atoms with Gasteiger partial charge in [-0.25, -0.2) is 0 Å². The molecule has 0 saturated heterocycles. The van der Waals surface area contributed by atoms with Gasteiger partial charge in [-0.2, -0.15) is 0 Å². The Labute approximate surface area is 127 Å². The molecular formula is C16H15NO5. The average Bonchev–Trinajstić information content (AvgIpc) is 2.53. The lowest BCUT2D eigenvalue weighted by atomic mass is 9.98. The van der Waals surface area contributed by atoms with E-state index in [2.05, 4.69) is 0 Å². The molecule has 2 aromatic rings. The molecule has 0 radical (unpaired) electrons. The quantitative estimate of drug-likeness (QED) is 0.696. The number of aryl methyl sites for hydroxylation is 1. The molecular weight excluding hydrogens is 286 g/mol. The lowest BCUT2D eigenvalue weighted by molar-refractivity contribution is -0.386. The van der Waals surface area contributed by atoms with Crippen molar-refractivity contribution in [1.82, 2.24) is 0 Å². The number of hydrogen-bond acceptors (Lipinski definition) is 5. The Bertz CT molecular complexity index is 711. The summed E-state index contributed by atoms with van der Waals surface area (Å²) in [4.78, 5) is 10.8. The fourth-order valence-corrected chi connectivity index (χ4v) is 2.40. The van der Waals surface area contributed by atoms with E-state index in [-0.39, 0.29) is 11.3 Å². The summed E-state index contributed by atoms with van der Waals surface area (Å²) in [6, 6.07) is 9.99. The largest absolute Gasteiger partial charge is 0.486 e. The molecule has 3 rings (SSSR count). The van der Waals surface area contributed by atoms with Gasteiger partial charge >= 0.3 is 0 Å². The van der Waals surface area contributed by atoms with Crippen LogP contribution in [0.3, 0.4) is 0 Å². The molecule has 1 aliphatic rings. The molecule has 0 saturated carbocycles. The van der Waals surface area contributed by atoms with E-state index < -0.39 is 11.0 Å². The third-order valence-corrected chi connectivity index (χ3v) is 3.58. The first-order valence-electron chi connectivity index (χ1n) is 6.89. The zero-order chi connectivity index (χ0) is 15.7.